The number of nitrogen functional groups attached to an aromatic ring is 1. The van der Waals surface area contributed by atoms with Crippen molar-refractivity contribution in [2.24, 2.45) is 5.92 Å². The van der Waals surface area contributed by atoms with Crippen molar-refractivity contribution < 1.29 is 4.52 Å². The van der Waals surface area contributed by atoms with Gasteiger partial charge in [0.25, 0.3) is 0 Å². The number of aromatic nitrogens is 4. The minimum absolute atomic E-state index is 0.506. The summed E-state index contributed by atoms with van der Waals surface area (Å²) in [5.41, 5.74) is 8.31. The van der Waals surface area contributed by atoms with E-state index in [9.17, 15) is 0 Å². The van der Waals surface area contributed by atoms with Gasteiger partial charge in [0.15, 0.2) is 11.0 Å². The van der Waals surface area contributed by atoms with E-state index >= 15 is 0 Å². The van der Waals surface area contributed by atoms with Gasteiger partial charge in [-0.1, -0.05) is 30.8 Å². The first-order valence-corrected chi connectivity index (χ1v) is 7.78. The summed E-state index contributed by atoms with van der Waals surface area (Å²) < 4.78 is 5.22. The Hall–Kier alpha value is -2.02. The predicted octanol–water partition coefficient (Wildman–Crippen LogP) is 3.02. The average Bonchev–Trinajstić information content (AvgIpc) is 3.01. The number of benzene rings is 1. The van der Waals surface area contributed by atoms with Crippen molar-refractivity contribution in [3.8, 4) is 0 Å². The monoisotopic (exact) mass is 303 g/mol. The second-order valence-electron chi connectivity index (χ2n) is 5.31. The Bertz CT molecular complexity index is 749. The van der Waals surface area contributed by atoms with Crippen molar-refractivity contribution in [1.82, 2.24) is 20.1 Å². The quantitative estimate of drug-likeness (QED) is 0.556. The standard InChI is InChI=1S/C14H17N5OS/c1-8(2)5-13-18-12(19-20-13)7-21-14-16-10-4-3-9(15)6-11(10)17-14/h3-4,6,8H,5,7,15H2,1-2H3,(H,16,17). The summed E-state index contributed by atoms with van der Waals surface area (Å²) in [4.78, 5) is 12.1. The van der Waals surface area contributed by atoms with Crippen LogP contribution in [0.25, 0.3) is 11.0 Å². The van der Waals surface area contributed by atoms with Crippen LogP contribution in [0.3, 0.4) is 0 Å². The molecule has 7 heteroatoms. The van der Waals surface area contributed by atoms with Gasteiger partial charge in [0.1, 0.15) is 0 Å². The first kappa shape index (κ1) is 13.9. The number of imidazole rings is 1. The van der Waals surface area contributed by atoms with Crippen LogP contribution in [-0.2, 0) is 12.2 Å². The Balaban J connectivity index is 1.67. The number of nitrogens with one attached hydrogen (secondary N) is 1. The maximum absolute atomic E-state index is 5.75. The van der Waals surface area contributed by atoms with Gasteiger partial charge < -0.3 is 15.2 Å². The molecule has 3 N–H and O–H groups in total. The van der Waals surface area contributed by atoms with Gasteiger partial charge in [0.2, 0.25) is 5.89 Å². The van der Waals surface area contributed by atoms with E-state index in [2.05, 4.69) is 34.0 Å². The molecule has 0 radical (unpaired) electrons. The number of anilines is 1. The predicted molar refractivity (Wildman–Crippen MR) is 82.9 cm³/mol. The van der Waals surface area contributed by atoms with Gasteiger partial charge in [-0.25, -0.2) is 4.98 Å². The molecule has 110 valence electrons. The molecule has 0 unspecified atom stereocenters. The Morgan fingerprint density at radius 2 is 2.19 bits per heavy atom. The van der Waals surface area contributed by atoms with Crippen LogP contribution in [0.1, 0.15) is 25.6 Å². The molecule has 21 heavy (non-hydrogen) atoms. The third-order valence-electron chi connectivity index (χ3n) is 2.92. The van der Waals surface area contributed by atoms with E-state index in [0.29, 0.717) is 23.4 Å². The van der Waals surface area contributed by atoms with Crippen LogP contribution in [-0.4, -0.2) is 20.1 Å². The van der Waals surface area contributed by atoms with Crippen LogP contribution in [0, 0.1) is 5.92 Å². The molecule has 0 saturated heterocycles. The number of aromatic amines is 1. The number of hydrogen-bond acceptors (Lipinski definition) is 6. The van der Waals surface area contributed by atoms with Gasteiger partial charge in [0, 0.05) is 12.1 Å². The lowest BCUT2D eigenvalue weighted by molar-refractivity contribution is 0.360. The van der Waals surface area contributed by atoms with Crippen molar-refractivity contribution in [2.45, 2.75) is 31.2 Å². The Morgan fingerprint density at radius 3 is 3.00 bits per heavy atom. The molecule has 0 fully saturated rings. The minimum atomic E-state index is 0.506. The normalized spacial score (nSPS) is 11.6. The number of rotatable bonds is 5. The zero-order chi connectivity index (χ0) is 14.8. The molecule has 0 saturated carbocycles. The molecule has 0 aliphatic rings. The second kappa shape index (κ2) is 5.77. The average molecular weight is 303 g/mol. The van der Waals surface area contributed by atoms with E-state index in [1.807, 2.05) is 18.2 Å². The van der Waals surface area contributed by atoms with E-state index in [0.717, 1.165) is 28.3 Å². The molecule has 0 aliphatic carbocycles. The van der Waals surface area contributed by atoms with E-state index in [1.54, 1.807) is 11.8 Å². The lowest BCUT2D eigenvalue weighted by Gasteiger charge is -1.96. The molecule has 0 spiro atoms. The van der Waals surface area contributed by atoms with Gasteiger partial charge in [-0.15, -0.1) is 0 Å². The highest BCUT2D eigenvalue weighted by molar-refractivity contribution is 7.98. The lowest BCUT2D eigenvalue weighted by atomic mass is 10.1. The second-order valence-corrected chi connectivity index (χ2v) is 6.27. The van der Waals surface area contributed by atoms with E-state index in [1.165, 1.54) is 0 Å². The molecule has 2 aromatic heterocycles. The molecular weight excluding hydrogens is 286 g/mol. The molecule has 0 aliphatic heterocycles. The Morgan fingerprint density at radius 1 is 1.33 bits per heavy atom. The van der Waals surface area contributed by atoms with Gasteiger partial charge >= 0.3 is 0 Å². The topological polar surface area (TPSA) is 93.6 Å². The first-order valence-electron chi connectivity index (χ1n) is 6.79. The summed E-state index contributed by atoms with van der Waals surface area (Å²) >= 11 is 1.54. The molecule has 6 nitrogen and oxygen atoms in total. The minimum Gasteiger partial charge on any atom is -0.399 e. The van der Waals surface area contributed by atoms with Crippen LogP contribution in [0.2, 0.25) is 0 Å². The smallest absolute Gasteiger partial charge is 0.226 e. The number of fused-ring (bicyclic) bond motifs is 1. The molecule has 0 bridgehead atoms. The molecule has 3 rings (SSSR count). The van der Waals surface area contributed by atoms with Crippen molar-refractivity contribution in [1.29, 1.82) is 0 Å². The Kier molecular flexibility index (Phi) is 3.83. The summed E-state index contributed by atoms with van der Waals surface area (Å²) in [7, 11) is 0. The van der Waals surface area contributed by atoms with Crippen LogP contribution >= 0.6 is 11.8 Å². The van der Waals surface area contributed by atoms with Crippen LogP contribution in [0.4, 0.5) is 5.69 Å². The van der Waals surface area contributed by atoms with E-state index in [4.69, 9.17) is 10.3 Å². The maximum Gasteiger partial charge on any atom is 0.226 e. The fraction of sp³-hybridized carbons (Fsp3) is 0.357. The maximum atomic E-state index is 5.75. The highest BCUT2D eigenvalue weighted by atomic mass is 32.2. The van der Waals surface area contributed by atoms with E-state index in [-0.39, 0.29) is 0 Å². The lowest BCUT2D eigenvalue weighted by Crippen LogP contribution is -1.94. The summed E-state index contributed by atoms with van der Waals surface area (Å²) in [5.74, 6) is 2.51. The number of hydrogen-bond donors (Lipinski definition) is 2. The highest BCUT2D eigenvalue weighted by Gasteiger charge is 2.10. The molecule has 0 atom stereocenters. The van der Waals surface area contributed by atoms with Crippen LogP contribution < -0.4 is 5.73 Å². The van der Waals surface area contributed by atoms with Gasteiger partial charge in [0.05, 0.1) is 16.8 Å². The van der Waals surface area contributed by atoms with Gasteiger partial charge in [-0.2, -0.15) is 4.98 Å². The summed E-state index contributed by atoms with van der Waals surface area (Å²) in [6, 6.07) is 5.62. The van der Waals surface area contributed by atoms with Crippen LogP contribution in [0.5, 0.6) is 0 Å². The number of thioether (sulfide) groups is 1. The van der Waals surface area contributed by atoms with Crippen molar-refractivity contribution in [3.63, 3.8) is 0 Å². The molecule has 0 amide bonds. The molecular formula is C14H17N5OS. The van der Waals surface area contributed by atoms with Gasteiger partial charge in [-0.3, -0.25) is 0 Å². The highest BCUT2D eigenvalue weighted by Crippen LogP contribution is 2.23. The number of H-pyrrole nitrogens is 1. The number of nitrogens with two attached hydrogens (primary N) is 1. The van der Waals surface area contributed by atoms with Crippen molar-refractivity contribution >= 4 is 28.5 Å². The van der Waals surface area contributed by atoms with Gasteiger partial charge in [-0.05, 0) is 24.1 Å². The SMILES string of the molecule is CC(C)Cc1nc(CSc2nc3ccc(N)cc3[nH]2)no1. The molecule has 2 heterocycles. The Labute approximate surface area is 126 Å². The first-order chi connectivity index (χ1) is 10.1. The third kappa shape index (κ3) is 3.36. The summed E-state index contributed by atoms with van der Waals surface area (Å²) in [5, 5.41) is 4.81. The fourth-order valence-corrected chi connectivity index (χ4v) is 2.71. The zero-order valence-corrected chi connectivity index (χ0v) is 12.8. The fourth-order valence-electron chi connectivity index (χ4n) is 1.99. The van der Waals surface area contributed by atoms with Crippen molar-refractivity contribution in [2.75, 3.05) is 5.73 Å². The van der Waals surface area contributed by atoms with Crippen LogP contribution in [0.15, 0.2) is 27.9 Å². The summed E-state index contributed by atoms with van der Waals surface area (Å²) in [6.07, 6.45) is 0.807. The molecule has 3 aromatic rings. The molecule has 1 aromatic carbocycles. The van der Waals surface area contributed by atoms with E-state index < -0.39 is 0 Å². The summed E-state index contributed by atoms with van der Waals surface area (Å²) in [6.45, 7) is 4.25. The zero-order valence-electron chi connectivity index (χ0n) is 12.0. The van der Waals surface area contributed by atoms with Crippen molar-refractivity contribution in [3.05, 3.63) is 29.9 Å². The largest absolute Gasteiger partial charge is 0.399 e. The number of nitrogens with zero attached hydrogens (tertiary/aromatic N) is 3. The third-order valence-corrected chi connectivity index (χ3v) is 3.78.